The summed E-state index contributed by atoms with van der Waals surface area (Å²) in [5, 5.41) is 3.39. The molecule has 0 unspecified atom stereocenters. The van der Waals surface area contributed by atoms with Crippen molar-refractivity contribution in [1.29, 1.82) is 0 Å². The Hall–Kier alpha value is -1.79. The topological polar surface area (TPSA) is 69.7 Å². The van der Waals surface area contributed by atoms with E-state index in [-0.39, 0.29) is 30.8 Å². The van der Waals surface area contributed by atoms with Crippen LogP contribution in [0.4, 0.5) is 0 Å². The molecule has 3 amide bonds. The number of carbonyl (C=O) groups is 3. The van der Waals surface area contributed by atoms with Crippen LogP contribution < -0.4 is 5.32 Å². The molecule has 122 valence electrons. The van der Waals surface area contributed by atoms with Crippen molar-refractivity contribution in [2.45, 2.75) is 13.0 Å². The molecular weight excluding hydrogens is 341 g/mol. The van der Waals surface area contributed by atoms with E-state index in [0.29, 0.717) is 34.3 Å². The molecule has 0 saturated carbocycles. The van der Waals surface area contributed by atoms with Crippen molar-refractivity contribution in [1.82, 2.24) is 15.1 Å². The minimum Gasteiger partial charge on any atom is -0.345 e. The molecule has 2 heterocycles. The summed E-state index contributed by atoms with van der Waals surface area (Å²) in [5.41, 5.74) is 1.09. The number of hydrogen-bond donors (Lipinski definition) is 1. The third-order valence-electron chi connectivity index (χ3n) is 4.23. The molecule has 0 bridgehead atoms. The van der Waals surface area contributed by atoms with E-state index in [0.717, 1.165) is 0 Å². The summed E-state index contributed by atoms with van der Waals surface area (Å²) in [6, 6.07) is 2.51. The second-order valence-electron chi connectivity index (χ2n) is 5.64. The lowest BCUT2D eigenvalue weighted by Gasteiger charge is -2.42. The van der Waals surface area contributed by atoms with Gasteiger partial charge in [0.05, 0.1) is 13.1 Å². The van der Waals surface area contributed by atoms with E-state index < -0.39 is 6.04 Å². The molecule has 0 aliphatic carbocycles. The normalized spacial score (nSPS) is 21.1. The van der Waals surface area contributed by atoms with E-state index in [1.54, 1.807) is 24.0 Å². The number of halogens is 2. The number of hydrogen-bond acceptors (Lipinski definition) is 3. The lowest BCUT2D eigenvalue weighted by Crippen LogP contribution is -2.66. The summed E-state index contributed by atoms with van der Waals surface area (Å²) in [7, 11) is 0. The van der Waals surface area contributed by atoms with Gasteiger partial charge in [0, 0.05) is 28.7 Å². The zero-order chi connectivity index (χ0) is 16.7. The van der Waals surface area contributed by atoms with E-state index >= 15 is 0 Å². The molecule has 2 aliphatic rings. The average molecular weight is 356 g/mol. The first-order chi connectivity index (χ1) is 10.9. The monoisotopic (exact) mass is 355 g/mol. The maximum absolute atomic E-state index is 12.7. The lowest BCUT2D eigenvalue weighted by atomic mass is 10.1. The van der Waals surface area contributed by atoms with Crippen LogP contribution in [0.3, 0.4) is 0 Å². The van der Waals surface area contributed by atoms with E-state index in [4.69, 9.17) is 23.2 Å². The summed E-state index contributed by atoms with van der Waals surface area (Å²) in [5.74, 6) is -0.607. The largest absolute Gasteiger partial charge is 0.345 e. The van der Waals surface area contributed by atoms with Gasteiger partial charge in [0.2, 0.25) is 11.8 Å². The van der Waals surface area contributed by atoms with Gasteiger partial charge < -0.3 is 15.1 Å². The Bertz CT molecular complexity index is 684. The van der Waals surface area contributed by atoms with Crippen LogP contribution in [-0.2, 0) is 9.59 Å². The van der Waals surface area contributed by atoms with Gasteiger partial charge in [-0.1, -0.05) is 23.2 Å². The molecule has 23 heavy (non-hydrogen) atoms. The molecule has 0 radical (unpaired) electrons. The average Bonchev–Trinajstić information content (AvgIpc) is 2.54. The van der Waals surface area contributed by atoms with Crippen LogP contribution >= 0.6 is 23.2 Å². The van der Waals surface area contributed by atoms with Crippen molar-refractivity contribution >= 4 is 40.9 Å². The van der Waals surface area contributed by atoms with Crippen LogP contribution in [0.1, 0.15) is 15.9 Å². The molecule has 2 aliphatic heterocycles. The highest BCUT2D eigenvalue weighted by Gasteiger charge is 2.40. The highest BCUT2D eigenvalue weighted by atomic mass is 35.5. The minimum absolute atomic E-state index is 0.0203. The van der Waals surface area contributed by atoms with Crippen LogP contribution in [0.15, 0.2) is 12.1 Å². The molecule has 3 rings (SSSR count). The predicted octanol–water partition coefficient (Wildman–Crippen LogP) is 1.08. The second kappa shape index (κ2) is 6.02. The molecule has 2 fully saturated rings. The number of nitrogens with one attached hydrogen (secondary N) is 1. The summed E-state index contributed by atoms with van der Waals surface area (Å²) in [6.45, 7) is 2.68. The SMILES string of the molecule is Cc1c(Cl)cc(C(=O)N2CCN3C(=O)CNC(=O)[C@H]3C2)cc1Cl. The summed E-state index contributed by atoms with van der Waals surface area (Å²) in [4.78, 5) is 39.5. The highest BCUT2D eigenvalue weighted by Crippen LogP contribution is 2.27. The standard InChI is InChI=1S/C15H15Cl2N3O3/c1-8-10(16)4-9(5-11(8)17)15(23)19-2-3-20-12(7-19)14(22)18-6-13(20)21/h4-5,12H,2-3,6-7H2,1H3,(H,18,22)/t12-/m1/s1. The van der Waals surface area contributed by atoms with E-state index in [2.05, 4.69) is 5.32 Å². The fraction of sp³-hybridized carbons (Fsp3) is 0.400. The van der Waals surface area contributed by atoms with E-state index in [9.17, 15) is 14.4 Å². The Morgan fingerprint density at radius 1 is 1.22 bits per heavy atom. The highest BCUT2D eigenvalue weighted by molar-refractivity contribution is 6.36. The Balaban J connectivity index is 1.81. The molecular formula is C15H15Cl2N3O3. The number of fused-ring (bicyclic) bond motifs is 1. The van der Waals surface area contributed by atoms with Crippen LogP contribution in [-0.4, -0.2) is 59.7 Å². The predicted molar refractivity (Wildman–Crippen MR) is 85.6 cm³/mol. The van der Waals surface area contributed by atoms with Crippen molar-refractivity contribution in [3.8, 4) is 0 Å². The van der Waals surface area contributed by atoms with Gasteiger partial charge in [-0.3, -0.25) is 14.4 Å². The Morgan fingerprint density at radius 3 is 2.52 bits per heavy atom. The number of nitrogens with zero attached hydrogens (tertiary/aromatic N) is 2. The fourth-order valence-electron chi connectivity index (χ4n) is 2.82. The van der Waals surface area contributed by atoms with Gasteiger partial charge in [-0.2, -0.15) is 0 Å². The number of benzene rings is 1. The fourth-order valence-corrected chi connectivity index (χ4v) is 3.31. The van der Waals surface area contributed by atoms with Gasteiger partial charge >= 0.3 is 0 Å². The summed E-state index contributed by atoms with van der Waals surface area (Å²) in [6.07, 6.45) is 0. The van der Waals surface area contributed by atoms with Crippen LogP contribution in [0, 0.1) is 6.92 Å². The number of carbonyl (C=O) groups excluding carboxylic acids is 3. The number of rotatable bonds is 1. The Morgan fingerprint density at radius 2 is 1.87 bits per heavy atom. The maximum atomic E-state index is 12.7. The van der Waals surface area contributed by atoms with Crippen LogP contribution in [0.2, 0.25) is 10.0 Å². The third kappa shape index (κ3) is 2.88. The molecule has 0 aromatic heterocycles. The smallest absolute Gasteiger partial charge is 0.254 e. The molecule has 2 saturated heterocycles. The van der Waals surface area contributed by atoms with Crippen molar-refractivity contribution in [3.05, 3.63) is 33.3 Å². The Kier molecular flexibility index (Phi) is 4.21. The van der Waals surface area contributed by atoms with Crippen LogP contribution in [0.25, 0.3) is 0 Å². The van der Waals surface area contributed by atoms with E-state index in [1.807, 2.05) is 0 Å². The zero-order valence-electron chi connectivity index (χ0n) is 12.4. The lowest BCUT2D eigenvalue weighted by molar-refractivity contribution is -0.148. The third-order valence-corrected chi connectivity index (χ3v) is 5.02. The molecule has 1 atom stereocenters. The van der Waals surface area contributed by atoms with Gasteiger partial charge in [0.25, 0.3) is 5.91 Å². The molecule has 1 aromatic carbocycles. The number of amides is 3. The molecule has 0 spiro atoms. The summed E-state index contributed by atoms with van der Waals surface area (Å²) >= 11 is 12.2. The van der Waals surface area contributed by atoms with Gasteiger partial charge in [0.15, 0.2) is 0 Å². The molecule has 6 nitrogen and oxygen atoms in total. The van der Waals surface area contributed by atoms with Crippen molar-refractivity contribution in [2.24, 2.45) is 0 Å². The molecule has 1 aromatic rings. The molecule has 1 N–H and O–H groups in total. The van der Waals surface area contributed by atoms with Crippen molar-refractivity contribution < 1.29 is 14.4 Å². The zero-order valence-corrected chi connectivity index (χ0v) is 13.9. The first-order valence-electron chi connectivity index (χ1n) is 7.20. The quantitative estimate of drug-likeness (QED) is 0.819. The van der Waals surface area contributed by atoms with Gasteiger partial charge in [0.1, 0.15) is 6.04 Å². The van der Waals surface area contributed by atoms with E-state index in [1.165, 1.54) is 4.90 Å². The molecule has 8 heteroatoms. The van der Waals surface area contributed by atoms with Crippen molar-refractivity contribution in [2.75, 3.05) is 26.2 Å². The van der Waals surface area contributed by atoms with Gasteiger partial charge in [-0.25, -0.2) is 0 Å². The van der Waals surface area contributed by atoms with Gasteiger partial charge in [-0.15, -0.1) is 0 Å². The first kappa shape index (κ1) is 16.1. The van der Waals surface area contributed by atoms with Gasteiger partial charge in [-0.05, 0) is 24.6 Å². The minimum atomic E-state index is -0.634. The van der Waals surface area contributed by atoms with Crippen molar-refractivity contribution in [3.63, 3.8) is 0 Å². The van der Waals surface area contributed by atoms with Crippen LogP contribution in [0.5, 0.6) is 0 Å². The first-order valence-corrected chi connectivity index (χ1v) is 7.96. The maximum Gasteiger partial charge on any atom is 0.254 e. The number of piperazine rings is 2. The second-order valence-corrected chi connectivity index (χ2v) is 6.45. The summed E-state index contributed by atoms with van der Waals surface area (Å²) < 4.78 is 0. The Labute approximate surface area is 143 Å².